The van der Waals surface area contributed by atoms with E-state index in [1.807, 2.05) is 13.0 Å². The van der Waals surface area contributed by atoms with Crippen molar-refractivity contribution >= 4 is 35.6 Å². The van der Waals surface area contributed by atoms with Gasteiger partial charge >= 0.3 is 0 Å². The zero-order valence-electron chi connectivity index (χ0n) is 15.8. The summed E-state index contributed by atoms with van der Waals surface area (Å²) >= 11 is 0. The van der Waals surface area contributed by atoms with Crippen LogP contribution in [0, 0.1) is 18.2 Å². The van der Waals surface area contributed by atoms with Crippen LogP contribution in [0.15, 0.2) is 23.2 Å². The number of anilines is 1. The first-order valence-corrected chi connectivity index (χ1v) is 9.05. The zero-order chi connectivity index (χ0) is 17.9. The van der Waals surface area contributed by atoms with E-state index < -0.39 is 0 Å². The molecule has 26 heavy (non-hydrogen) atoms. The van der Waals surface area contributed by atoms with Gasteiger partial charge in [-0.05, 0) is 43.5 Å². The summed E-state index contributed by atoms with van der Waals surface area (Å²) < 4.78 is 18.7. The molecule has 0 radical (unpaired) electrons. The molecule has 1 atom stereocenters. The van der Waals surface area contributed by atoms with Crippen LogP contribution >= 0.6 is 24.0 Å². The average molecular weight is 476 g/mol. The summed E-state index contributed by atoms with van der Waals surface area (Å²) in [7, 11) is 1.81. The zero-order valence-corrected chi connectivity index (χ0v) is 18.2. The van der Waals surface area contributed by atoms with Crippen molar-refractivity contribution in [1.29, 1.82) is 0 Å². The van der Waals surface area contributed by atoms with Crippen LogP contribution in [-0.2, 0) is 4.74 Å². The third-order valence-electron chi connectivity index (χ3n) is 5.07. The van der Waals surface area contributed by atoms with Crippen LogP contribution in [0.5, 0.6) is 0 Å². The van der Waals surface area contributed by atoms with Crippen LogP contribution in [0.2, 0.25) is 0 Å². The standard InChI is InChI=1S/C19H29FN4O.HI/c1-14-9-15(20)6-7-17(14)24-8-4-5-16(10-24)23-18(21-3)22-11-19(2)12-25-13-19;/h6-7,9,16H,4-5,8,10-13H2,1-3H3,(H2,21,22,23);1H. The van der Waals surface area contributed by atoms with Gasteiger partial charge in [-0.25, -0.2) is 4.39 Å². The highest BCUT2D eigenvalue weighted by molar-refractivity contribution is 14.0. The molecule has 0 saturated carbocycles. The molecule has 2 heterocycles. The summed E-state index contributed by atoms with van der Waals surface area (Å²) in [5, 5.41) is 6.96. The van der Waals surface area contributed by atoms with Gasteiger partial charge in [0.25, 0.3) is 0 Å². The molecule has 2 aliphatic rings. The Labute approximate surface area is 172 Å². The lowest BCUT2D eigenvalue weighted by Crippen LogP contribution is -2.55. The van der Waals surface area contributed by atoms with Crippen molar-refractivity contribution < 1.29 is 9.13 Å². The van der Waals surface area contributed by atoms with Crippen LogP contribution in [0.1, 0.15) is 25.3 Å². The summed E-state index contributed by atoms with van der Waals surface area (Å²) in [5.74, 6) is 0.668. The third-order valence-corrected chi connectivity index (χ3v) is 5.07. The van der Waals surface area contributed by atoms with E-state index >= 15 is 0 Å². The van der Waals surface area contributed by atoms with E-state index in [0.717, 1.165) is 62.9 Å². The van der Waals surface area contributed by atoms with Crippen molar-refractivity contribution in [2.75, 3.05) is 44.8 Å². The first-order chi connectivity index (χ1) is 12.0. The molecule has 1 aromatic rings. The quantitative estimate of drug-likeness (QED) is 0.399. The number of nitrogens with zero attached hydrogens (tertiary/aromatic N) is 2. The van der Waals surface area contributed by atoms with Gasteiger partial charge < -0.3 is 20.3 Å². The van der Waals surface area contributed by atoms with Gasteiger partial charge in [0.1, 0.15) is 5.82 Å². The molecular weight excluding hydrogens is 446 g/mol. The highest BCUT2D eigenvalue weighted by Crippen LogP contribution is 2.26. The number of aryl methyl sites for hydroxylation is 1. The summed E-state index contributed by atoms with van der Waals surface area (Å²) in [6, 6.07) is 5.36. The van der Waals surface area contributed by atoms with Crippen molar-refractivity contribution in [3.63, 3.8) is 0 Å². The van der Waals surface area contributed by atoms with Crippen LogP contribution < -0.4 is 15.5 Å². The van der Waals surface area contributed by atoms with Crippen molar-refractivity contribution in [3.8, 4) is 0 Å². The van der Waals surface area contributed by atoms with E-state index in [-0.39, 0.29) is 35.2 Å². The van der Waals surface area contributed by atoms with Gasteiger partial charge in [0.2, 0.25) is 0 Å². The monoisotopic (exact) mass is 476 g/mol. The molecule has 2 N–H and O–H groups in total. The van der Waals surface area contributed by atoms with Gasteiger partial charge in [-0.15, -0.1) is 24.0 Å². The fourth-order valence-corrected chi connectivity index (χ4v) is 3.53. The molecule has 0 spiro atoms. The lowest BCUT2D eigenvalue weighted by Gasteiger charge is -2.39. The molecule has 0 aliphatic carbocycles. The Balaban J connectivity index is 0.00000243. The molecule has 7 heteroatoms. The maximum atomic E-state index is 13.4. The average Bonchev–Trinajstić information content (AvgIpc) is 2.57. The highest BCUT2D eigenvalue weighted by Gasteiger charge is 2.33. The van der Waals surface area contributed by atoms with Crippen LogP contribution in [0.25, 0.3) is 0 Å². The molecule has 5 nitrogen and oxygen atoms in total. The number of hydrogen-bond acceptors (Lipinski definition) is 3. The summed E-state index contributed by atoms with van der Waals surface area (Å²) in [6.07, 6.45) is 2.22. The van der Waals surface area contributed by atoms with E-state index in [9.17, 15) is 4.39 Å². The van der Waals surface area contributed by atoms with Gasteiger partial charge in [-0.1, -0.05) is 6.92 Å². The first kappa shape index (κ1) is 21.2. The fraction of sp³-hybridized carbons (Fsp3) is 0.632. The Morgan fingerprint density at radius 1 is 1.42 bits per heavy atom. The number of piperidine rings is 1. The summed E-state index contributed by atoms with van der Waals surface area (Å²) in [5.41, 5.74) is 2.32. The van der Waals surface area contributed by atoms with E-state index in [1.165, 1.54) is 0 Å². The lowest BCUT2D eigenvalue weighted by molar-refractivity contribution is -0.0971. The molecular formula is C19H30FIN4O. The summed E-state index contributed by atoms with van der Waals surface area (Å²) in [6.45, 7) is 8.56. The fourth-order valence-electron chi connectivity index (χ4n) is 3.53. The maximum absolute atomic E-state index is 13.4. The van der Waals surface area contributed by atoms with Crippen molar-refractivity contribution in [1.82, 2.24) is 10.6 Å². The van der Waals surface area contributed by atoms with E-state index in [2.05, 4.69) is 27.4 Å². The van der Waals surface area contributed by atoms with E-state index in [0.29, 0.717) is 6.04 Å². The predicted molar refractivity (Wildman–Crippen MR) is 115 cm³/mol. The molecule has 0 aromatic heterocycles. The third kappa shape index (κ3) is 5.22. The van der Waals surface area contributed by atoms with Crippen molar-refractivity contribution in [2.24, 2.45) is 10.4 Å². The lowest BCUT2D eigenvalue weighted by atomic mass is 9.89. The number of rotatable bonds is 4. The Morgan fingerprint density at radius 3 is 2.81 bits per heavy atom. The number of benzene rings is 1. The number of aliphatic imine (C=N–C) groups is 1. The molecule has 2 fully saturated rings. The maximum Gasteiger partial charge on any atom is 0.191 e. The Hall–Kier alpha value is -1.09. The molecule has 0 amide bonds. The van der Waals surface area contributed by atoms with Crippen molar-refractivity contribution in [2.45, 2.75) is 32.7 Å². The molecule has 3 rings (SSSR count). The molecule has 1 aromatic carbocycles. The molecule has 2 saturated heterocycles. The van der Waals surface area contributed by atoms with Gasteiger partial charge in [-0.2, -0.15) is 0 Å². The molecule has 146 valence electrons. The number of halogens is 2. The first-order valence-electron chi connectivity index (χ1n) is 9.05. The normalized spacial score (nSPS) is 22.2. The summed E-state index contributed by atoms with van der Waals surface area (Å²) in [4.78, 5) is 6.69. The molecule has 1 unspecified atom stereocenters. The minimum absolute atomic E-state index is 0. The van der Waals surface area contributed by atoms with Gasteiger partial charge in [-0.3, -0.25) is 4.99 Å². The topological polar surface area (TPSA) is 48.9 Å². The number of hydrogen-bond donors (Lipinski definition) is 2. The van der Waals surface area contributed by atoms with Crippen LogP contribution in [0.3, 0.4) is 0 Å². The minimum Gasteiger partial charge on any atom is -0.380 e. The smallest absolute Gasteiger partial charge is 0.191 e. The Bertz CT molecular complexity index is 636. The van der Waals surface area contributed by atoms with Gasteiger partial charge in [0, 0.05) is 43.8 Å². The van der Waals surface area contributed by atoms with Crippen LogP contribution in [0.4, 0.5) is 10.1 Å². The van der Waals surface area contributed by atoms with Crippen LogP contribution in [-0.4, -0.2) is 51.9 Å². The molecule has 2 aliphatic heterocycles. The Morgan fingerprint density at radius 2 is 2.19 bits per heavy atom. The number of guanidine groups is 1. The Kier molecular flexibility index (Phi) is 7.52. The minimum atomic E-state index is -0.175. The van der Waals surface area contributed by atoms with Crippen molar-refractivity contribution in [3.05, 3.63) is 29.6 Å². The van der Waals surface area contributed by atoms with E-state index in [4.69, 9.17) is 4.74 Å². The highest BCUT2D eigenvalue weighted by atomic mass is 127. The van der Waals surface area contributed by atoms with E-state index in [1.54, 1.807) is 19.2 Å². The molecule has 0 bridgehead atoms. The van der Waals surface area contributed by atoms with Gasteiger partial charge in [0.05, 0.1) is 13.2 Å². The second-order valence-corrected chi connectivity index (χ2v) is 7.59. The number of nitrogens with one attached hydrogen (secondary N) is 2. The SMILES string of the molecule is CN=C(NCC1(C)COC1)NC1CCCN(c2ccc(F)cc2C)C1.I. The largest absolute Gasteiger partial charge is 0.380 e. The number of ether oxygens (including phenoxy) is 1. The van der Waals surface area contributed by atoms with Gasteiger partial charge in [0.15, 0.2) is 5.96 Å². The second-order valence-electron chi connectivity index (χ2n) is 7.59. The second kappa shape index (κ2) is 9.21. The predicted octanol–water partition coefficient (Wildman–Crippen LogP) is 2.92.